The molecule has 0 bridgehead atoms. The number of rotatable bonds is 1. The summed E-state index contributed by atoms with van der Waals surface area (Å²) >= 11 is 0. The highest BCUT2D eigenvalue weighted by Gasteiger charge is 2.20. The first-order chi connectivity index (χ1) is 6.68. The Morgan fingerprint density at radius 2 is 2.14 bits per heavy atom. The summed E-state index contributed by atoms with van der Waals surface area (Å²) in [5.41, 5.74) is 2.33. The van der Waals surface area contributed by atoms with Gasteiger partial charge in [0.25, 0.3) is 0 Å². The average molecular weight is 189 g/mol. The summed E-state index contributed by atoms with van der Waals surface area (Å²) in [5.74, 6) is -0.862. The first kappa shape index (κ1) is 8.81. The predicted molar refractivity (Wildman–Crippen MR) is 55.1 cm³/mol. The lowest BCUT2D eigenvalue weighted by molar-refractivity contribution is -0.132. The maximum absolute atomic E-state index is 10.9. The Kier molecular flexibility index (Phi) is 2.00. The Hall–Kier alpha value is -1.77. The number of para-hydroxylation sites is 1. The highest BCUT2D eigenvalue weighted by atomic mass is 16.4. The lowest BCUT2D eigenvalue weighted by Crippen LogP contribution is -2.26. The Bertz CT molecular complexity index is 410. The monoisotopic (exact) mass is 189 g/mol. The lowest BCUT2D eigenvalue weighted by atomic mass is 9.99. The number of anilines is 1. The van der Waals surface area contributed by atoms with E-state index >= 15 is 0 Å². The van der Waals surface area contributed by atoms with Gasteiger partial charge in [-0.3, -0.25) is 0 Å². The van der Waals surface area contributed by atoms with Crippen LogP contribution >= 0.6 is 0 Å². The minimum absolute atomic E-state index is 0.137. The van der Waals surface area contributed by atoms with Crippen molar-refractivity contribution in [2.45, 2.75) is 13.0 Å². The van der Waals surface area contributed by atoms with Crippen LogP contribution in [-0.4, -0.2) is 17.1 Å². The zero-order valence-corrected chi connectivity index (χ0v) is 7.82. The molecule has 1 aliphatic rings. The maximum atomic E-state index is 10.9. The van der Waals surface area contributed by atoms with Gasteiger partial charge in [0, 0.05) is 5.69 Å². The number of benzene rings is 1. The molecule has 0 spiro atoms. The van der Waals surface area contributed by atoms with Crippen LogP contribution in [0.1, 0.15) is 12.5 Å². The first-order valence-corrected chi connectivity index (χ1v) is 4.49. The topological polar surface area (TPSA) is 49.3 Å². The van der Waals surface area contributed by atoms with Crippen molar-refractivity contribution in [3.63, 3.8) is 0 Å². The molecular formula is C11H11NO2. The van der Waals surface area contributed by atoms with Gasteiger partial charge in [0.2, 0.25) is 0 Å². The number of fused-ring (bicyclic) bond motifs is 1. The molecule has 1 heterocycles. The van der Waals surface area contributed by atoms with Gasteiger partial charge in [-0.25, -0.2) is 4.79 Å². The molecule has 2 N–H and O–H groups in total. The zero-order valence-electron chi connectivity index (χ0n) is 7.82. The SMILES string of the molecule is CC1Nc2ccccc2C=C1C(=O)O. The fourth-order valence-corrected chi connectivity index (χ4v) is 1.60. The third-order valence-corrected chi connectivity index (χ3v) is 2.36. The van der Waals surface area contributed by atoms with Crippen molar-refractivity contribution in [1.29, 1.82) is 0 Å². The molecule has 2 rings (SSSR count). The molecule has 0 saturated carbocycles. The maximum Gasteiger partial charge on any atom is 0.333 e. The second-order valence-corrected chi connectivity index (χ2v) is 3.36. The largest absolute Gasteiger partial charge is 0.478 e. The third-order valence-electron chi connectivity index (χ3n) is 2.36. The van der Waals surface area contributed by atoms with Gasteiger partial charge in [0.05, 0.1) is 11.6 Å². The quantitative estimate of drug-likeness (QED) is 0.710. The summed E-state index contributed by atoms with van der Waals surface area (Å²) in [6.45, 7) is 1.84. The minimum atomic E-state index is -0.862. The fourth-order valence-electron chi connectivity index (χ4n) is 1.60. The second-order valence-electron chi connectivity index (χ2n) is 3.36. The summed E-state index contributed by atoms with van der Waals surface area (Å²) < 4.78 is 0. The summed E-state index contributed by atoms with van der Waals surface area (Å²) in [7, 11) is 0. The van der Waals surface area contributed by atoms with Gasteiger partial charge in [-0.1, -0.05) is 18.2 Å². The van der Waals surface area contributed by atoms with E-state index in [0.717, 1.165) is 11.3 Å². The van der Waals surface area contributed by atoms with Crippen molar-refractivity contribution in [3.05, 3.63) is 35.4 Å². The van der Waals surface area contributed by atoms with Crippen LogP contribution in [0.4, 0.5) is 5.69 Å². The third kappa shape index (κ3) is 1.37. The molecule has 0 amide bonds. The molecule has 1 aromatic rings. The molecule has 0 radical (unpaired) electrons. The van der Waals surface area contributed by atoms with Crippen molar-refractivity contribution >= 4 is 17.7 Å². The van der Waals surface area contributed by atoms with E-state index in [-0.39, 0.29) is 6.04 Å². The lowest BCUT2D eigenvalue weighted by Gasteiger charge is -2.22. The molecule has 14 heavy (non-hydrogen) atoms. The van der Waals surface area contributed by atoms with Crippen LogP contribution in [-0.2, 0) is 4.79 Å². The molecule has 0 fully saturated rings. The molecule has 3 nitrogen and oxygen atoms in total. The second kappa shape index (κ2) is 3.18. The number of carboxylic acid groups (broad SMARTS) is 1. The highest BCUT2D eigenvalue weighted by Crippen LogP contribution is 2.26. The van der Waals surface area contributed by atoms with Gasteiger partial charge in [-0.15, -0.1) is 0 Å². The van der Waals surface area contributed by atoms with Crippen LogP contribution in [0.3, 0.4) is 0 Å². The molecule has 1 unspecified atom stereocenters. The van der Waals surface area contributed by atoms with Gasteiger partial charge in [-0.05, 0) is 24.6 Å². The molecule has 1 aliphatic heterocycles. The van der Waals surface area contributed by atoms with Gasteiger partial charge >= 0.3 is 5.97 Å². The fraction of sp³-hybridized carbons (Fsp3) is 0.182. The van der Waals surface area contributed by atoms with Crippen LogP contribution in [0.5, 0.6) is 0 Å². The normalized spacial score (nSPS) is 19.2. The molecule has 0 saturated heterocycles. The van der Waals surface area contributed by atoms with E-state index in [1.54, 1.807) is 6.08 Å². The van der Waals surface area contributed by atoms with Crippen molar-refractivity contribution in [2.24, 2.45) is 0 Å². The summed E-state index contributed by atoms with van der Waals surface area (Å²) in [5, 5.41) is 12.1. The van der Waals surface area contributed by atoms with Crippen molar-refractivity contribution in [1.82, 2.24) is 0 Å². The predicted octanol–water partition coefficient (Wildman–Crippen LogP) is 1.97. The van der Waals surface area contributed by atoms with Crippen LogP contribution in [0, 0.1) is 0 Å². The number of aliphatic carboxylic acids is 1. The van der Waals surface area contributed by atoms with Crippen molar-refractivity contribution in [2.75, 3.05) is 5.32 Å². The standard InChI is InChI=1S/C11H11NO2/c1-7-9(11(13)14)6-8-4-2-3-5-10(8)12-7/h2-7,12H,1H3,(H,13,14). The van der Waals surface area contributed by atoms with E-state index in [2.05, 4.69) is 5.32 Å². The molecule has 0 aliphatic carbocycles. The number of hydrogen-bond donors (Lipinski definition) is 2. The van der Waals surface area contributed by atoms with Crippen LogP contribution in [0.2, 0.25) is 0 Å². The smallest absolute Gasteiger partial charge is 0.333 e. The summed E-state index contributed by atoms with van der Waals surface area (Å²) in [4.78, 5) is 10.9. The molecule has 0 aromatic heterocycles. The number of nitrogens with one attached hydrogen (secondary N) is 1. The minimum Gasteiger partial charge on any atom is -0.478 e. The molecular weight excluding hydrogens is 178 g/mol. The number of hydrogen-bond acceptors (Lipinski definition) is 2. The van der Waals surface area contributed by atoms with Crippen LogP contribution in [0.25, 0.3) is 6.08 Å². The van der Waals surface area contributed by atoms with E-state index in [9.17, 15) is 4.79 Å². The van der Waals surface area contributed by atoms with Crippen LogP contribution in [0.15, 0.2) is 29.8 Å². The highest BCUT2D eigenvalue weighted by molar-refractivity contribution is 5.97. The van der Waals surface area contributed by atoms with E-state index in [1.165, 1.54) is 0 Å². The van der Waals surface area contributed by atoms with Gasteiger partial charge in [0.15, 0.2) is 0 Å². The summed E-state index contributed by atoms with van der Waals surface area (Å²) in [6, 6.07) is 7.53. The Balaban J connectivity index is 2.49. The van der Waals surface area contributed by atoms with Gasteiger partial charge in [0.1, 0.15) is 0 Å². The number of carbonyl (C=O) groups is 1. The van der Waals surface area contributed by atoms with E-state index in [1.807, 2.05) is 31.2 Å². The van der Waals surface area contributed by atoms with E-state index < -0.39 is 5.97 Å². The zero-order chi connectivity index (χ0) is 10.1. The Labute approximate surface area is 82.1 Å². The van der Waals surface area contributed by atoms with E-state index in [0.29, 0.717) is 5.57 Å². The van der Waals surface area contributed by atoms with Gasteiger partial charge < -0.3 is 10.4 Å². The Morgan fingerprint density at radius 1 is 1.43 bits per heavy atom. The molecule has 1 atom stereocenters. The first-order valence-electron chi connectivity index (χ1n) is 4.49. The average Bonchev–Trinajstić information content (AvgIpc) is 2.16. The molecule has 3 heteroatoms. The number of carboxylic acids is 1. The molecule has 72 valence electrons. The van der Waals surface area contributed by atoms with Crippen molar-refractivity contribution in [3.8, 4) is 0 Å². The van der Waals surface area contributed by atoms with Crippen LogP contribution < -0.4 is 5.32 Å². The van der Waals surface area contributed by atoms with E-state index in [4.69, 9.17) is 5.11 Å². The van der Waals surface area contributed by atoms with Crippen molar-refractivity contribution < 1.29 is 9.90 Å². The Morgan fingerprint density at radius 3 is 2.86 bits per heavy atom. The van der Waals surface area contributed by atoms with Gasteiger partial charge in [-0.2, -0.15) is 0 Å². The summed E-state index contributed by atoms with van der Waals surface area (Å²) in [6.07, 6.45) is 1.72. The molecule has 1 aromatic carbocycles.